The van der Waals surface area contributed by atoms with E-state index >= 15 is 0 Å². The largest absolute Gasteiger partial charge is 0.274 e. The lowest BCUT2D eigenvalue weighted by Crippen LogP contribution is -1.96. The van der Waals surface area contributed by atoms with Crippen LogP contribution in [-0.2, 0) is 0 Å². The molecule has 0 unspecified atom stereocenters. The number of aromatic nitrogens is 1. The SMILES string of the molecule is Cc1cc(C)nc(C(=O)Cl)c1.Cl. The first-order valence-corrected chi connectivity index (χ1v) is 3.62. The van der Waals surface area contributed by atoms with Crippen molar-refractivity contribution in [1.29, 1.82) is 0 Å². The smallest absolute Gasteiger partial charge is 0.270 e. The maximum absolute atomic E-state index is 10.7. The van der Waals surface area contributed by atoms with Crippen molar-refractivity contribution < 1.29 is 4.79 Å². The number of rotatable bonds is 1. The number of pyridine rings is 1. The van der Waals surface area contributed by atoms with Crippen molar-refractivity contribution in [2.24, 2.45) is 0 Å². The minimum absolute atomic E-state index is 0. The van der Waals surface area contributed by atoms with Gasteiger partial charge < -0.3 is 0 Å². The quantitative estimate of drug-likeness (QED) is 0.660. The van der Waals surface area contributed by atoms with Gasteiger partial charge in [0.25, 0.3) is 5.24 Å². The van der Waals surface area contributed by atoms with Crippen LogP contribution < -0.4 is 0 Å². The molecule has 0 aliphatic heterocycles. The molecule has 0 amide bonds. The predicted octanol–water partition coefficient (Wildman–Crippen LogP) is 2.50. The van der Waals surface area contributed by atoms with Gasteiger partial charge in [-0.2, -0.15) is 0 Å². The third-order valence-corrected chi connectivity index (χ3v) is 1.49. The fourth-order valence-corrected chi connectivity index (χ4v) is 1.04. The van der Waals surface area contributed by atoms with Crippen molar-refractivity contribution in [2.45, 2.75) is 13.8 Å². The van der Waals surface area contributed by atoms with Crippen LogP contribution in [0.15, 0.2) is 12.1 Å². The van der Waals surface area contributed by atoms with Crippen LogP contribution >= 0.6 is 24.0 Å². The normalized spacial score (nSPS) is 8.92. The Kier molecular flexibility index (Phi) is 4.21. The Morgan fingerprint density at radius 1 is 1.42 bits per heavy atom. The van der Waals surface area contributed by atoms with Gasteiger partial charge in [0, 0.05) is 5.69 Å². The summed E-state index contributed by atoms with van der Waals surface area (Å²) in [5, 5.41) is -0.503. The molecular weight excluding hydrogens is 197 g/mol. The van der Waals surface area contributed by atoms with Crippen LogP contribution in [0, 0.1) is 13.8 Å². The number of hydrogen-bond donors (Lipinski definition) is 0. The first kappa shape index (κ1) is 11.4. The molecule has 66 valence electrons. The Morgan fingerprint density at radius 2 is 2.00 bits per heavy atom. The summed E-state index contributed by atoms with van der Waals surface area (Å²) in [5.41, 5.74) is 2.14. The molecule has 0 bridgehead atoms. The lowest BCUT2D eigenvalue weighted by molar-refractivity contribution is 0.107. The van der Waals surface area contributed by atoms with Crippen molar-refractivity contribution in [2.75, 3.05) is 0 Å². The van der Waals surface area contributed by atoms with Crippen LogP contribution in [-0.4, -0.2) is 10.2 Å². The van der Waals surface area contributed by atoms with Gasteiger partial charge in [-0.25, -0.2) is 4.98 Å². The molecule has 4 heteroatoms. The van der Waals surface area contributed by atoms with Crippen LogP contribution in [0.3, 0.4) is 0 Å². The van der Waals surface area contributed by atoms with E-state index < -0.39 is 5.24 Å². The highest BCUT2D eigenvalue weighted by Gasteiger charge is 2.03. The lowest BCUT2D eigenvalue weighted by atomic mass is 10.2. The predicted molar refractivity (Wildman–Crippen MR) is 51.1 cm³/mol. The van der Waals surface area contributed by atoms with Gasteiger partial charge in [-0.15, -0.1) is 12.4 Å². The van der Waals surface area contributed by atoms with Crippen LogP contribution in [0.2, 0.25) is 0 Å². The van der Waals surface area contributed by atoms with Gasteiger partial charge in [-0.3, -0.25) is 4.79 Å². The number of hydrogen-bond acceptors (Lipinski definition) is 2. The second-order valence-electron chi connectivity index (χ2n) is 2.44. The summed E-state index contributed by atoms with van der Waals surface area (Å²) in [7, 11) is 0. The zero-order valence-corrected chi connectivity index (χ0v) is 8.37. The molecule has 0 aromatic carbocycles. The standard InChI is InChI=1S/C8H8ClNO.ClH/c1-5-3-6(2)10-7(4-5)8(9)11;/h3-4H,1-2H3;1H. The van der Waals surface area contributed by atoms with E-state index in [1.807, 2.05) is 19.9 Å². The van der Waals surface area contributed by atoms with Gasteiger partial charge in [0.05, 0.1) is 0 Å². The highest BCUT2D eigenvalue weighted by Crippen LogP contribution is 2.06. The number of nitrogens with zero attached hydrogens (tertiary/aromatic N) is 1. The maximum atomic E-state index is 10.7. The molecule has 0 N–H and O–H groups in total. The van der Waals surface area contributed by atoms with E-state index in [4.69, 9.17) is 11.6 Å². The molecule has 2 nitrogen and oxygen atoms in total. The Morgan fingerprint density at radius 3 is 2.42 bits per heavy atom. The molecule has 0 aliphatic rings. The summed E-state index contributed by atoms with van der Waals surface area (Å²) >= 11 is 5.25. The molecule has 0 fully saturated rings. The van der Waals surface area contributed by atoms with Gasteiger partial charge in [-0.1, -0.05) is 0 Å². The molecule has 0 saturated heterocycles. The second kappa shape index (κ2) is 4.43. The van der Waals surface area contributed by atoms with E-state index in [1.165, 1.54) is 0 Å². The minimum atomic E-state index is -0.503. The van der Waals surface area contributed by atoms with Crippen LogP contribution in [0.5, 0.6) is 0 Å². The van der Waals surface area contributed by atoms with E-state index in [9.17, 15) is 4.79 Å². The molecule has 0 saturated carbocycles. The van der Waals surface area contributed by atoms with E-state index in [2.05, 4.69) is 4.98 Å². The maximum Gasteiger partial charge on any atom is 0.270 e. The van der Waals surface area contributed by atoms with Crippen molar-refractivity contribution in [3.05, 3.63) is 29.1 Å². The van der Waals surface area contributed by atoms with E-state index in [0.717, 1.165) is 11.3 Å². The highest BCUT2D eigenvalue weighted by atomic mass is 35.5. The van der Waals surface area contributed by atoms with E-state index in [1.54, 1.807) is 6.07 Å². The summed E-state index contributed by atoms with van der Waals surface area (Å²) in [6, 6.07) is 3.56. The topological polar surface area (TPSA) is 30.0 Å². The lowest BCUT2D eigenvalue weighted by Gasteiger charge is -1.97. The van der Waals surface area contributed by atoms with Gasteiger partial charge in [0.15, 0.2) is 0 Å². The first-order valence-electron chi connectivity index (χ1n) is 3.25. The minimum Gasteiger partial charge on any atom is -0.274 e. The van der Waals surface area contributed by atoms with E-state index in [0.29, 0.717) is 5.69 Å². The molecule has 0 aliphatic carbocycles. The van der Waals surface area contributed by atoms with E-state index in [-0.39, 0.29) is 12.4 Å². The monoisotopic (exact) mass is 205 g/mol. The summed E-state index contributed by atoms with van der Waals surface area (Å²) in [6.45, 7) is 3.73. The molecule has 1 rings (SSSR count). The molecule has 0 radical (unpaired) electrons. The average Bonchev–Trinajstić information content (AvgIpc) is 1.85. The Bertz CT molecular complexity index is 279. The highest BCUT2D eigenvalue weighted by molar-refractivity contribution is 6.67. The van der Waals surface area contributed by atoms with Gasteiger partial charge in [0.2, 0.25) is 0 Å². The molecule has 0 spiro atoms. The summed E-state index contributed by atoms with van der Waals surface area (Å²) in [4.78, 5) is 14.6. The first-order chi connectivity index (χ1) is 5.09. The average molecular weight is 206 g/mol. The van der Waals surface area contributed by atoms with Crippen molar-refractivity contribution in [3.8, 4) is 0 Å². The zero-order valence-electron chi connectivity index (χ0n) is 6.80. The second-order valence-corrected chi connectivity index (χ2v) is 2.79. The zero-order chi connectivity index (χ0) is 8.43. The fourth-order valence-electron chi connectivity index (χ4n) is 0.942. The summed E-state index contributed by atoms with van der Waals surface area (Å²) in [6.07, 6.45) is 0. The molecule has 1 aromatic rings. The Hall–Kier alpha value is -0.600. The fraction of sp³-hybridized carbons (Fsp3) is 0.250. The molecule has 12 heavy (non-hydrogen) atoms. The van der Waals surface area contributed by atoms with Gasteiger partial charge >= 0.3 is 0 Å². The van der Waals surface area contributed by atoms with Gasteiger partial charge in [-0.05, 0) is 43.1 Å². The Labute approximate surface area is 82.4 Å². The molecule has 0 atom stereocenters. The summed E-state index contributed by atoms with van der Waals surface area (Å²) < 4.78 is 0. The van der Waals surface area contributed by atoms with Crippen molar-refractivity contribution in [1.82, 2.24) is 4.98 Å². The van der Waals surface area contributed by atoms with Gasteiger partial charge in [0.1, 0.15) is 5.69 Å². The molecule has 1 heterocycles. The number of aryl methyl sites for hydroxylation is 2. The summed E-state index contributed by atoms with van der Waals surface area (Å²) in [5.74, 6) is 0. The van der Waals surface area contributed by atoms with Crippen LogP contribution in [0.25, 0.3) is 0 Å². The van der Waals surface area contributed by atoms with Crippen molar-refractivity contribution in [3.63, 3.8) is 0 Å². The molecule has 1 aromatic heterocycles. The van der Waals surface area contributed by atoms with Crippen LogP contribution in [0.4, 0.5) is 0 Å². The molecular formula is C8H9Cl2NO. The Balaban J connectivity index is 0.00000121. The third-order valence-electron chi connectivity index (χ3n) is 1.30. The number of carbonyl (C=O) groups excluding carboxylic acids is 1. The third kappa shape index (κ3) is 2.80. The van der Waals surface area contributed by atoms with Crippen LogP contribution in [0.1, 0.15) is 21.7 Å². The number of halogens is 2. The van der Waals surface area contributed by atoms with Crippen molar-refractivity contribution >= 4 is 29.3 Å². The number of carbonyl (C=O) groups is 1.